The van der Waals surface area contributed by atoms with E-state index in [1.54, 1.807) is 0 Å². The molecule has 216 valence electrons. The summed E-state index contributed by atoms with van der Waals surface area (Å²) in [5.74, 6) is 0. The molecule has 0 saturated carbocycles. The first kappa shape index (κ1) is 34.6. The third-order valence-electron chi connectivity index (χ3n) is 3.89. The van der Waals surface area contributed by atoms with E-state index in [-0.39, 0.29) is 10.6 Å². The highest BCUT2D eigenvalue weighted by Gasteiger charge is 2.20. The molecule has 0 amide bonds. The van der Waals surface area contributed by atoms with E-state index in [1.165, 1.54) is 24.3 Å². The Labute approximate surface area is 236 Å². The molecule has 0 aliphatic carbocycles. The molecule has 3 rings (SSSR count). The highest BCUT2D eigenvalue weighted by Crippen LogP contribution is 2.32. The van der Waals surface area contributed by atoms with Crippen molar-refractivity contribution in [3.8, 4) is 0 Å². The number of rotatable bonds is 12. The van der Waals surface area contributed by atoms with Gasteiger partial charge in [0.25, 0.3) is 17.1 Å². The average Bonchev–Trinajstić information content (AvgIpc) is 2.95. The van der Waals surface area contributed by atoms with Crippen molar-refractivity contribution in [2.75, 3.05) is 0 Å². The van der Waals surface area contributed by atoms with Crippen molar-refractivity contribution in [2.24, 2.45) is 0 Å². The minimum Gasteiger partial charge on any atom is -0.691 e. The molecule has 21 heteroatoms. The van der Waals surface area contributed by atoms with E-state index in [9.17, 15) is 46.1 Å². The van der Waals surface area contributed by atoms with Gasteiger partial charge in [0.15, 0.2) is 0 Å². The van der Waals surface area contributed by atoms with E-state index < -0.39 is 26.1 Å². The smallest absolute Gasteiger partial charge is 0.292 e. The lowest BCUT2D eigenvalue weighted by atomic mass is 10.2. The second-order valence-electron chi connectivity index (χ2n) is 6.39. The van der Waals surface area contributed by atoms with Gasteiger partial charge in [0, 0.05) is 28.0 Å². The standard InChI is InChI=1S/C7H8O3S.C6H4N2O7S.C6H5NO5S/c1-6-2-4-7(5-3-6)11-10-9-8;9-7(10)4-1-2-6(16-15-14-13)5(3-4)8(11)12;8-7(9)5-1-3-6(4-2-5)13-12-11-10/h2-5,8H,1H3;1-3,13H;1-4,10H/p-3. The van der Waals surface area contributed by atoms with Crippen LogP contribution in [0.4, 0.5) is 17.1 Å². The molecule has 0 spiro atoms. The van der Waals surface area contributed by atoms with Crippen LogP contribution >= 0.6 is 36.1 Å². The Balaban J connectivity index is 0.000000305. The zero-order valence-electron chi connectivity index (χ0n) is 19.5. The first-order valence-corrected chi connectivity index (χ1v) is 12.0. The number of benzene rings is 3. The maximum atomic E-state index is 10.6. The fraction of sp³-hybridized carbons (Fsp3) is 0.0526. The Hall–Kier alpha value is -3.45. The van der Waals surface area contributed by atoms with Gasteiger partial charge in [-0.2, -0.15) is 13.0 Å². The number of nitrogens with zero attached hydrogens (tertiary/aromatic N) is 3. The summed E-state index contributed by atoms with van der Waals surface area (Å²) in [6.45, 7) is 1.99. The molecule has 0 aromatic heterocycles. The molecule has 0 bridgehead atoms. The molecule has 40 heavy (non-hydrogen) atoms. The lowest BCUT2D eigenvalue weighted by Gasteiger charge is -2.04. The van der Waals surface area contributed by atoms with Gasteiger partial charge in [-0.25, -0.2) is 0 Å². The van der Waals surface area contributed by atoms with Crippen LogP contribution in [0, 0.1) is 37.3 Å². The SMILES string of the molecule is Cc1ccc(SOO[O-])cc1.O=[N+]([O-])c1ccc(SOO[O-])c([N+](=O)[O-])c1.O=[N+]([O-])c1ccc(SOO[O-])cc1. The van der Waals surface area contributed by atoms with Crippen LogP contribution in [0.3, 0.4) is 0 Å². The maximum Gasteiger partial charge on any atom is 0.292 e. The molecule has 0 N–H and O–H groups in total. The Morgan fingerprint density at radius 3 is 1.43 bits per heavy atom. The quantitative estimate of drug-likeness (QED) is 0.122. The van der Waals surface area contributed by atoms with E-state index in [0.717, 1.165) is 40.7 Å². The number of nitro groups is 3. The number of aryl methyl sites for hydroxylation is 1. The van der Waals surface area contributed by atoms with Crippen LogP contribution in [0.5, 0.6) is 0 Å². The van der Waals surface area contributed by atoms with E-state index in [4.69, 9.17) is 0 Å². The molecule has 0 unspecified atom stereocenters. The van der Waals surface area contributed by atoms with Crippen LogP contribution in [0.1, 0.15) is 5.56 Å². The van der Waals surface area contributed by atoms with Crippen molar-refractivity contribution in [3.05, 3.63) is 103 Å². The first-order chi connectivity index (χ1) is 19.1. The molecule has 0 heterocycles. The molecular weight excluding hydrogens is 606 g/mol. The number of hydrogen-bond donors (Lipinski definition) is 0. The van der Waals surface area contributed by atoms with Crippen molar-refractivity contribution in [3.63, 3.8) is 0 Å². The Kier molecular flexibility index (Phi) is 16.9. The van der Waals surface area contributed by atoms with Crippen LogP contribution in [0.25, 0.3) is 0 Å². The van der Waals surface area contributed by atoms with Crippen molar-refractivity contribution in [1.82, 2.24) is 0 Å². The van der Waals surface area contributed by atoms with E-state index in [1.807, 2.05) is 31.2 Å². The summed E-state index contributed by atoms with van der Waals surface area (Å²) in [6, 6.07) is 15.9. The second-order valence-corrected chi connectivity index (χ2v) is 8.68. The molecular formula is C19H14N3O15S3-3. The third-order valence-corrected chi connectivity index (χ3v) is 5.71. The Morgan fingerprint density at radius 1 is 0.575 bits per heavy atom. The van der Waals surface area contributed by atoms with Crippen LogP contribution in [-0.4, -0.2) is 14.8 Å². The predicted molar refractivity (Wildman–Crippen MR) is 128 cm³/mol. The normalized spacial score (nSPS) is 10.0. The average molecular weight is 621 g/mol. The maximum absolute atomic E-state index is 10.6. The molecule has 0 fully saturated rings. The fourth-order valence-corrected chi connectivity index (χ4v) is 3.36. The van der Waals surface area contributed by atoms with Crippen LogP contribution in [0.2, 0.25) is 0 Å². The number of hydrogen-bond acceptors (Lipinski definition) is 18. The predicted octanol–water partition coefficient (Wildman–Crippen LogP) is 2.78. The highest BCUT2D eigenvalue weighted by atomic mass is 32.2. The summed E-state index contributed by atoms with van der Waals surface area (Å²) in [7, 11) is 0. The summed E-state index contributed by atoms with van der Waals surface area (Å²) in [4.78, 5) is 30.3. The number of nitro benzene ring substituents is 3. The molecule has 0 atom stereocenters. The van der Waals surface area contributed by atoms with E-state index in [2.05, 4.69) is 28.1 Å². The Morgan fingerprint density at radius 2 is 1.00 bits per heavy atom. The molecule has 0 aliphatic heterocycles. The summed E-state index contributed by atoms with van der Waals surface area (Å²) < 4.78 is 12.0. The van der Waals surface area contributed by atoms with Gasteiger partial charge in [0.1, 0.15) is 4.90 Å². The van der Waals surface area contributed by atoms with Crippen LogP contribution < -0.4 is 15.8 Å². The van der Waals surface area contributed by atoms with Gasteiger partial charge in [-0.1, -0.05) is 17.7 Å². The summed E-state index contributed by atoms with van der Waals surface area (Å²) in [5, 5.41) is 68.8. The fourth-order valence-electron chi connectivity index (χ4n) is 2.21. The lowest BCUT2D eigenvalue weighted by molar-refractivity contribution is -0.777. The van der Waals surface area contributed by atoms with Crippen molar-refractivity contribution < 1.29 is 58.7 Å². The zero-order chi connectivity index (χ0) is 29.9. The minimum atomic E-state index is -0.830. The molecule has 0 saturated heterocycles. The Bertz CT molecular complexity index is 1220. The monoisotopic (exact) mass is 620 g/mol. The summed E-state index contributed by atoms with van der Waals surface area (Å²) in [5.41, 5.74) is 0.167. The van der Waals surface area contributed by atoms with E-state index in [0.29, 0.717) is 29.0 Å². The van der Waals surface area contributed by atoms with Gasteiger partial charge in [-0.05, 0) is 37.3 Å². The topological polar surface area (TPSA) is 254 Å². The zero-order valence-corrected chi connectivity index (χ0v) is 22.0. The van der Waals surface area contributed by atoms with Gasteiger partial charge < -0.3 is 15.8 Å². The van der Waals surface area contributed by atoms with Crippen LogP contribution in [0.15, 0.2) is 81.4 Å². The first-order valence-electron chi connectivity index (χ1n) is 9.76. The molecule has 0 aliphatic rings. The number of non-ortho nitro benzene ring substituents is 2. The minimum absolute atomic E-state index is 0.0209. The summed E-state index contributed by atoms with van der Waals surface area (Å²) >= 11 is 1.87. The second kappa shape index (κ2) is 19.6. The molecule has 3 aromatic rings. The van der Waals surface area contributed by atoms with Gasteiger partial charge in [-0.3, -0.25) is 45.5 Å². The third kappa shape index (κ3) is 13.6. The lowest BCUT2D eigenvalue weighted by Crippen LogP contribution is -2.01. The molecule has 0 radical (unpaired) electrons. The van der Waals surface area contributed by atoms with Crippen molar-refractivity contribution >= 4 is 53.2 Å². The molecule has 3 aromatic carbocycles. The summed E-state index contributed by atoms with van der Waals surface area (Å²) in [6.07, 6.45) is 0. The molecule has 18 nitrogen and oxygen atoms in total. The largest absolute Gasteiger partial charge is 0.691 e. The van der Waals surface area contributed by atoms with Crippen LogP contribution in [-0.2, 0) is 28.1 Å². The van der Waals surface area contributed by atoms with E-state index >= 15 is 0 Å². The van der Waals surface area contributed by atoms with Gasteiger partial charge in [0.05, 0.1) is 57.0 Å². The highest BCUT2D eigenvalue weighted by molar-refractivity contribution is 7.95. The van der Waals surface area contributed by atoms with Gasteiger partial charge in [0.2, 0.25) is 0 Å². The van der Waals surface area contributed by atoms with Crippen molar-refractivity contribution in [2.45, 2.75) is 21.6 Å². The van der Waals surface area contributed by atoms with Gasteiger partial charge >= 0.3 is 0 Å². The van der Waals surface area contributed by atoms with Gasteiger partial charge in [-0.15, -0.1) is 0 Å². The van der Waals surface area contributed by atoms with Crippen molar-refractivity contribution in [1.29, 1.82) is 0 Å².